The Morgan fingerprint density at radius 3 is 2.82 bits per heavy atom. The third-order valence-electron chi connectivity index (χ3n) is 3.79. The van der Waals surface area contributed by atoms with Crippen LogP contribution in [-0.2, 0) is 13.2 Å². The minimum absolute atomic E-state index is 0.108. The first-order chi connectivity index (χ1) is 10.7. The molecule has 0 saturated heterocycles. The number of halogens is 1. The first-order valence-electron chi connectivity index (χ1n) is 7.18. The van der Waals surface area contributed by atoms with Crippen LogP contribution in [0.4, 0.5) is 4.39 Å². The molecule has 0 bridgehead atoms. The fraction of sp³-hybridized carbons (Fsp3) is 0.294. The Bertz CT molecular complexity index is 675. The van der Waals surface area contributed by atoms with Crippen molar-refractivity contribution in [3.8, 4) is 11.5 Å². The van der Waals surface area contributed by atoms with E-state index in [0.29, 0.717) is 12.1 Å². The molecule has 1 aliphatic heterocycles. The van der Waals surface area contributed by atoms with Crippen molar-refractivity contribution in [3.05, 3.63) is 58.9 Å². The van der Waals surface area contributed by atoms with Crippen LogP contribution in [-0.4, -0.2) is 11.9 Å². The Labute approximate surface area is 128 Å². The third-order valence-corrected chi connectivity index (χ3v) is 3.79. The second-order valence-electron chi connectivity index (χ2n) is 5.30. The molecule has 2 N–H and O–H groups in total. The van der Waals surface area contributed by atoms with Crippen molar-refractivity contribution < 1.29 is 19.0 Å². The average molecular weight is 303 g/mol. The minimum atomic E-state index is -0.380. The first-order valence-corrected chi connectivity index (χ1v) is 7.18. The summed E-state index contributed by atoms with van der Waals surface area (Å²) in [7, 11) is 0. The Balaban J connectivity index is 1.66. The highest BCUT2D eigenvalue weighted by Crippen LogP contribution is 2.34. The van der Waals surface area contributed by atoms with E-state index in [-0.39, 0.29) is 25.3 Å². The van der Waals surface area contributed by atoms with Crippen LogP contribution in [0.2, 0.25) is 0 Å². The number of ether oxygens (including phenoxy) is 2. The van der Waals surface area contributed by atoms with Crippen LogP contribution in [0.3, 0.4) is 0 Å². The highest BCUT2D eigenvalue weighted by Gasteiger charge is 2.15. The molecule has 0 spiro atoms. The second-order valence-corrected chi connectivity index (χ2v) is 5.30. The number of rotatable bonds is 5. The van der Waals surface area contributed by atoms with Gasteiger partial charge in [0.25, 0.3) is 0 Å². The van der Waals surface area contributed by atoms with E-state index in [4.69, 9.17) is 14.6 Å². The molecule has 4 nitrogen and oxygen atoms in total. The lowest BCUT2D eigenvalue weighted by Gasteiger charge is -2.15. The largest absolute Gasteiger partial charge is 0.454 e. The van der Waals surface area contributed by atoms with Gasteiger partial charge in [-0.25, -0.2) is 4.39 Å². The number of benzene rings is 2. The molecule has 22 heavy (non-hydrogen) atoms. The molecule has 0 fully saturated rings. The minimum Gasteiger partial charge on any atom is -0.454 e. The molecule has 116 valence electrons. The van der Waals surface area contributed by atoms with Crippen LogP contribution in [0.5, 0.6) is 11.5 Å². The van der Waals surface area contributed by atoms with E-state index in [9.17, 15) is 4.39 Å². The maximum absolute atomic E-state index is 13.4. The van der Waals surface area contributed by atoms with Gasteiger partial charge in [-0.05, 0) is 42.3 Å². The summed E-state index contributed by atoms with van der Waals surface area (Å²) in [5.74, 6) is 1.15. The molecule has 1 aliphatic rings. The van der Waals surface area contributed by atoms with Crippen molar-refractivity contribution in [1.29, 1.82) is 0 Å². The summed E-state index contributed by atoms with van der Waals surface area (Å²) in [6.07, 6.45) is 0. The molecule has 5 heteroatoms. The molecule has 2 aromatic carbocycles. The van der Waals surface area contributed by atoms with Gasteiger partial charge >= 0.3 is 0 Å². The van der Waals surface area contributed by atoms with Crippen molar-refractivity contribution >= 4 is 0 Å². The Morgan fingerprint density at radius 2 is 2.00 bits per heavy atom. The fourth-order valence-corrected chi connectivity index (χ4v) is 2.43. The maximum Gasteiger partial charge on any atom is 0.231 e. The highest BCUT2D eigenvalue weighted by atomic mass is 19.1. The van der Waals surface area contributed by atoms with Crippen LogP contribution < -0.4 is 14.8 Å². The van der Waals surface area contributed by atoms with E-state index < -0.39 is 0 Å². The topological polar surface area (TPSA) is 50.7 Å². The summed E-state index contributed by atoms with van der Waals surface area (Å²) >= 11 is 0. The number of aliphatic hydroxyl groups is 1. The van der Waals surface area contributed by atoms with Crippen molar-refractivity contribution in [2.24, 2.45) is 0 Å². The van der Waals surface area contributed by atoms with Crippen LogP contribution in [0.15, 0.2) is 36.4 Å². The molecule has 0 unspecified atom stereocenters. The normalized spacial score (nSPS) is 14.1. The fourth-order valence-electron chi connectivity index (χ4n) is 2.43. The van der Waals surface area contributed by atoms with E-state index in [1.807, 2.05) is 25.1 Å². The Morgan fingerprint density at radius 1 is 1.18 bits per heavy atom. The summed E-state index contributed by atoms with van der Waals surface area (Å²) in [6, 6.07) is 10.7. The molecule has 0 aromatic heterocycles. The van der Waals surface area contributed by atoms with Gasteiger partial charge in [0.1, 0.15) is 5.82 Å². The summed E-state index contributed by atoms with van der Waals surface area (Å²) in [6.45, 7) is 2.61. The summed E-state index contributed by atoms with van der Waals surface area (Å²) in [5, 5.41) is 12.5. The predicted octanol–water partition coefficient (Wildman–Crippen LogP) is 2.90. The molecule has 0 radical (unpaired) electrons. The zero-order chi connectivity index (χ0) is 15.5. The van der Waals surface area contributed by atoms with E-state index in [1.54, 1.807) is 12.1 Å². The molecular formula is C17H18FNO3. The molecule has 2 aromatic rings. The SMILES string of the molecule is C[C@@H](NCc1ccc(F)c(CO)c1)c1ccc2c(c1)OCO2. The number of hydrogen-bond acceptors (Lipinski definition) is 4. The van der Waals surface area contributed by atoms with Gasteiger partial charge in [-0.15, -0.1) is 0 Å². The van der Waals surface area contributed by atoms with Gasteiger partial charge in [-0.2, -0.15) is 0 Å². The zero-order valence-corrected chi connectivity index (χ0v) is 12.3. The van der Waals surface area contributed by atoms with E-state index in [2.05, 4.69) is 5.32 Å². The lowest BCUT2D eigenvalue weighted by Crippen LogP contribution is -2.18. The van der Waals surface area contributed by atoms with Gasteiger partial charge in [-0.3, -0.25) is 0 Å². The summed E-state index contributed by atoms with van der Waals surface area (Å²) in [5.41, 5.74) is 2.34. The second kappa shape index (κ2) is 6.34. The van der Waals surface area contributed by atoms with Crippen molar-refractivity contribution in [1.82, 2.24) is 5.32 Å². The molecular weight excluding hydrogens is 285 g/mol. The Hall–Kier alpha value is -2.11. The summed E-state index contributed by atoms with van der Waals surface area (Å²) in [4.78, 5) is 0. The molecule has 0 amide bonds. The number of aliphatic hydroxyl groups excluding tert-OH is 1. The molecule has 1 heterocycles. The predicted molar refractivity (Wildman–Crippen MR) is 80.1 cm³/mol. The average Bonchev–Trinajstić information content (AvgIpc) is 3.01. The van der Waals surface area contributed by atoms with Gasteiger partial charge in [0, 0.05) is 18.2 Å². The highest BCUT2D eigenvalue weighted by molar-refractivity contribution is 5.45. The first kappa shape index (κ1) is 14.8. The maximum atomic E-state index is 13.4. The number of hydrogen-bond donors (Lipinski definition) is 2. The standard InChI is InChI=1S/C17H18FNO3/c1-11(13-3-5-16-17(7-13)22-10-21-16)19-8-12-2-4-15(18)14(6-12)9-20/h2-7,11,19-20H,8-10H2,1H3/t11-/m1/s1. The van der Waals surface area contributed by atoms with E-state index in [0.717, 1.165) is 22.6 Å². The van der Waals surface area contributed by atoms with Gasteiger partial charge in [0.2, 0.25) is 6.79 Å². The smallest absolute Gasteiger partial charge is 0.231 e. The van der Waals surface area contributed by atoms with Crippen LogP contribution in [0.25, 0.3) is 0 Å². The molecule has 1 atom stereocenters. The van der Waals surface area contributed by atoms with Crippen molar-refractivity contribution in [2.75, 3.05) is 6.79 Å². The van der Waals surface area contributed by atoms with Crippen molar-refractivity contribution in [2.45, 2.75) is 26.1 Å². The van der Waals surface area contributed by atoms with Crippen LogP contribution in [0.1, 0.15) is 29.7 Å². The molecule has 0 saturated carbocycles. The van der Waals surface area contributed by atoms with Gasteiger partial charge in [0.15, 0.2) is 11.5 Å². The quantitative estimate of drug-likeness (QED) is 0.892. The van der Waals surface area contributed by atoms with Gasteiger partial charge in [0.05, 0.1) is 6.61 Å². The van der Waals surface area contributed by atoms with Gasteiger partial charge < -0.3 is 19.9 Å². The Kier molecular flexibility index (Phi) is 4.27. The third kappa shape index (κ3) is 3.05. The molecule has 3 rings (SSSR count). The lowest BCUT2D eigenvalue weighted by molar-refractivity contribution is 0.174. The number of nitrogens with one attached hydrogen (secondary N) is 1. The van der Waals surface area contributed by atoms with Crippen LogP contribution in [0, 0.1) is 5.82 Å². The van der Waals surface area contributed by atoms with E-state index in [1.165, 1.54) is 6.07 Å². The molecule has 0 aliphatic carbocycles. The number of fused-ring (bicyclic) bond motifs is 1. The summed E-state index contributed by atoms with van der Waals surface area (Å²) < 4.78 is 24.0. The van der Waals surface area contributed by atoms with Crippen LogP contribution >= 0.6 is 0 Å². The van der Waals surface area contributed by atoms with Crippen molar-refractivity contribution in [3.63, 3.8) is 0 Å². The lowest BCUT2D eigenvalue weighted by atomic mass is 10.1. The van der Waals surface area contributed by atoms with E-state index >= 15 is 0 Å². The van der Waals surface area contributed by atoms with Gasteiger partial charge in [-0.1, -0.05) is 12.1 Å². The zero-order valence-electron chi connectivity index (χ0n) is 12.3. The monoisotopic (exact) mass is 303 g/mol.